The Hall–Kier alpha value is -1.73. The summed E-state index contributed by atoms with van der Waals surface area (Å²) in [4.78, 5) is 2.17. The lowest BCUT2D eigenvalue weighted by Gasteiger charge is -2.27. The number of benzene rings is 1. The monoisotopic (exact) mass is 275 g/mol. The summed E-state index contributed by atoms with van der Waals surface area (Å²) < 4.78 is 5.37. The second-order valence-corrected chi connectivity index (χ2v) is 4.99. The average molecular weight is 275 g/mol. The number of methoxy groups -OCH3 is 1. The first-order valence-corrected chi connectivity index (χ1v) is 7.06. The van der Waals surface area contributed by atoms with Gasteiger partial charge in [-0.15, -0.1) is 0 Å². The van der Waals surface area contributed by atoms with Crippen LogP contribution in [0.1, 0.15) is 26.2 Å². The number of hydrogen-bond acceptors (Lipinski definition) is 4. The highest BCUT2D eigenvalue weighted by atomic mass is 16.5. The first-order chi connectivity index (χ1) is 9.62. The van der Waals surface area contributed by atoms with Gasteiger partial charge in [0.2, 0.25) is 0 Å². The number of anilines is 1. The van der Waals surface area contributed by atoms with E-state index in [4.69, 9.17) is 4.74 Å². The van der Waals surface area contributed by atoms with Crippen LogP contribution in [0.3, 0.4) is 0 Å². The van der Waals surface area contributed by atoms with Gasteiger partial charge < -0.3 is 15.0 Å². The number of nitriles is 1. The molecule has 1 aromatic carbocycles. The van der Waals surface area contributed by atoms with Crippen LogP contribution < -0.4 is 15.0 Å². The predicted molar refractivity (Wildman–Crippen MR) is 83.2 cm³/mol. The molecule has 1 atom stereocenters. The molecule has 0 saturated heterocycles. The topological polar surface area (TPSA) is 48.3 Å². The summed E-state index contributed by atoms with van der Waals surface area (Å²) in [5.41, 5.74) is 0.681. The summed E-state index contributed by atoms with van der Waals surface area (Å²) in [6, 6.07) is 10.4. The SMILES string of the molecule is CCC(C#N)(CCCN(C)c1ccccc1OC)NC. The fraction of sp³-hybridized carbons (Fsp3) is 0.562. The molecule has 110 valence electrons. The fourth-order valence-corrected chi connectivity index (χ4v) is 2.35. The Bertz CT molecular complexity index is 449. The van der Waals surface area contributed by atoms with Crippen molar-refractivity contribution in [2.24, 2.45) is 0 Å². The van der Waals surface area contributed by atoms with E-state index in [0.717, 1.165) is 37.2 Å². The summed E-state index contributed by atoms with van der Waals surface area (Å²) in [6.07, 6.45) is 2.62. The van der Waals surface area contributed by atoms with Gasteiger partial charge in [-0.3, -0.25) is 0 Å². The Labute approximate surface area is 122 Å². The Morgan fingerprint density at radius 1 is 1.40 bits per heavy atom. The maximum Gasteiger partial charge on any atom is 0.142 e. The number of hydrogen-bond donors (Lipinski definition) is 1. The summed E-state index contributed by atoms with van der Waals surface area (Å²) >= 11 is 0. The Morgan fingerprint density at radius 3 is 2.65 bits per heavy atom. The third kappa shape index (κ3) is 3.88. The van der Waals surface area contributed by atoms with Gasteiger partial charge in [-0.25, -0.2) is 0 Å². The van der Waals surface area contributed by atoms with Crippen LogP contribution in [0, 0.1) is 11.3 Å². The molecule has 4 nitrogen and oxygen atoms in total. The lowest BCUT2D eigenvalue weighted by Crippen LogP contribution is -2.41. The molecule has 0 aliphatic heterocycles. The van der Waals surface area contributed by atoms with Gasteiger partial charge in [0.15, 0.2) is 0 Å². The van der Waals surface area contributed by atoms with Crippen molar-refractivity contribution in [3.63, 3.8) is 0 Å². The molecule has 0 aromatic heterocycles. The van der Waals surface area contributed by atoms with E-state index >= 15 is 0 Å². The van der Waals surface area contributed by atoms with Gasteiger partial charge in [0.1, 0.15) is 11.3 Å². The zero-order valence-corrected chi connectivity index (χ0v) is 12.9. The van der Waals surface area contributed by atoms with Crippen LogP contribution in [0.2, 0.25) is 0 Å². The number of para-hydroxylation sites is 2. The minimum atomic E-state index is -0.401. The second kappa shape index (κ2) is 7.76. The molecule has 0 fully saturated rings. The highest BCUT2D eigenvalue weighted by Crippen LogP contribution is 2.27. The van der Waals surface area contributed by atoms with Crippen molar-refractivity contribution in [3.8, 4) is 11.8 Å². The molecule has 1 rings (SSSR count). The molecule has 0 aliphatic rings. The fourth-order valence-electron chi connectivity index (χ4n) is 2.35. The first kappa shape index (κ1) is 16.3. The highest BCUT2D eigenvalue weighted by molar-refractivity contribution is 5.57. The van der Waals surface area contributed by atoms with Gasteiger partial charge in [-0.2, -0.15) is 5.26 Å². The predicted octanol–water partition coefficient (Wildman–Crippen LogP) is 2.80. The molecule has 0 bridgehead atoms. The van der Waals surface area contributed by atoms with Gasteiger partial charge >= 0.3 is 0 Å². The third-order valence-electron chi connectivity index (χ3n) is 3.89. The standard InChI is InChI=1S/C16H25N3O/c1-5-16(13-17,18-2)11-8-12-19(3)14-9-6-7-10-15(14)20-4/h6-7,9-10,18H,5,8,11-12H2,1-4H3. The lowest BCUT2D eigenvalue weighted by molar-refractivity contribution is 0.392. The molecule has 1 N–H and O–H groups in total. The van der Waals surface area contributed by atoms with Gasteiger partial charge in [-0.05, 0) is 38.4 Å². The minimum absolute atomic E-state index is 0.401. The molecule has 0 aliphatic carbocycles. The van der Waals surface area contributed by atoms with Crippen LogP contribution in [0.15, 0.2) is 24.3 Å². The van der Waals surface area contributed by atoms with Gasteiger partial charge in [0.25, 0.3) is 0 Å². The van der Waals surface area contributed by atoms with E-state index < -0.39 is 5.54 Å². The Kier molecular flexibility index (Phi) is 6.33. The minimum Gasteiger partial charge on any atom is -0.495 e. The van der Waals surface area contributed by atoms with Crippen LogP contribution in [-0.2, 0) is 0 Å². The van der Waals surface area contributed by atoms with E-state index in [2.05, 4.69) is 23.3 Å². The van der Waals surface area contributed by atoms with E-state index in [0.29, 0.717) is 0 Å². The zero-order chi connectivity index (χ0) is 15.0. The van der Waals surface area contributed by atoms with Crippen LogP contribution in [0.25, 0.3) is 0 Å². The van der Waals surface area contributed by atoms with Crippen molar-refractivity contribution in [3.05, 3.63) is 24.3 Å². The Morgan fingerprint density at radius 2 is 2.10 bits per heavy atom. The van der Waals surface area contributed by atoms with E-state index in [1.54, 1.807) is 7.11 Å². The number of rotatable bonds is 8. The summed E-state index contributed by atoms with van der Waals surface area (Å²) in [5, 5.41) is 12.4. The van der Waals surface area contributed by atoms with Crippen LogP contribution >= 0.6 is 0 Å². The van der Waals surface area contributed by atoms with Crippen LogP contribution in [-0.4, -0.2) is 33.3 Å². The molecule has 20 heavy (non-hydrogen) atoms. The van der Waals surface area contributed by atoms with E-state index in [-0.39, 0.29) is 0 Å². The van der Waals surface area contributed by atoms with Gasteiger partial charge in [0, 0.05) is 13.6 Å². The molecule has 4 heteroatoms. The normalized spacial score (nSPS) is 13.3. The second-order valence-electron chi connectivity index (χ2n) is 4.99. The zero-order valence-electron chi connectivity index (χ0n) is 12.9. The smallest absolute Gasteiger partial charge is 0.142 e. The largest absolute Gasteiger partial charge is 0.495 e. The quantitative estimate of drug-likeness (QED) is 0.792. The van der Waals surface area contributed by atoms with Crippen molar-refractivity contribution in [2.45, 2.75) is 31.7 Å². The van der Waals surface area contributed by atoms with Crippen LogP contribution in [0.5, 0.6) is 5.75 Å². The van der Waals surface area contributed by atoms with Gasteiger partial charge in [-0.1, -0.05) is 19.1 Å². The maximum absolute atomic E-state index is 9.29. The lowest BCUT2D eigenvalue weighted by atomic mass is 9.92. The molecule has 0 spiro atoms. The summed E-state index contributed by atoms with van der Waals surface area (Å²) in [7, 11) is 5.60. The number of ether oxygens (including phenoxy) is 1. The molecule has 1 unspecified atom stereocenters. The molecule has 0 saturated carbocycles. The average Bonchev–Trinajstić information content (AvgIpc) is 2.51. The van der Waals surface area contributed by atoms with E-state index in [1.165, 1.54) is 0 Å². The van der Waals surface area contributed by atoms with Crippen molar-refractivity contribution < 1.29 is 4.74 Å². The van der Waals surface area contributed by atoms with Crippen molar-refractivity contribution >= 4 is 5.69 Å². The van der Waals surface area contributed by atoms with E-state index in [1.807, 2.05) is 38.2 Å². The molecular weight excluding hydrogens is 250 g/mol. The highest BCUT2D eigenvalue weighted by Gasteiger charge is 2.25. The third-order valence-corrected chi connectivity index (χ3v) is 3.89. The summed E-state index contributed by atoms with van der Waals surface area (Å²) in [6.45, 7) is 2.94. The molecule has 0 radical (unpaired) electrons. The molecule has 0 heterocycles. The number of nitrogens with one attached hydrogen (secondary N) is 1. The molecule has 1 aromatic rings. The summed E-state index contributed by atoms with van der Waals surface area (Å²) in [5.74, 6) is 0.880. The first-order valence-electron chi connectivity index (χ1n) is 7.06. The van der Waals surface area contributed by atoms with Crippen molar-refractivity contribution in [1.29, 1.82) is 5.26 Å². The van der Waals surface area contributed by atoms with Gasteiger partial charge in [0.05, 0.1) is 18.9 Å². The Balaban J connectivity index is 2.60. The molecular formula is C16H25N3O. The van der Waals surface area contributed by atoms with Crippen LogP contribution in [0.4, 0.5) is 5.69 Å². The van der Waals surface area contributed by atoms with Crippen molar-refractivity contribution in [1.82, 2.24) is 5.32 Å². The number of nitrogens with zero attached hydrogens (tertiary/aromatic N) is 2. The van der Waals surface area contributed by atoms with Crippen molar-refractivity contribution in [2.75, 3.05) is 32.6 Å². The maximum atomic E-state index is 9.29. The molecule has 0 amide bonds. The van der Waals surface area contributed by atoms with E-state index in [9.17, 15) is 5.26 Å².